The van der Waals surface area contributed by atoms with Crippen molar-refractivity contribution >= 4 is 5.82 Å². The number of furan rings is 1. The van der Waals surface area contributed by atoms with Crippen LogP contribution in [0.25, 0.3) is 0 Å². The number of nitrogens with zero attached hydrogens (tertiary/aromatic N) is 4. The standard InChI is InChI=1S/C17H20F2N4O/c18-17(19)3-6-22(10-14-1-8-24-11-14)12-16(17)2-7-23(13-16)15-9-20-4-5-21-15/h1,4-5,8-9,11H,2-3,6-7,10,12-13H2. The molecule has 0 aliphatic carbocycles. The second-order valence-corrected chi connectivity index (χ2v) is 6.81. The Morgan fingerprint density at radius 3 is 2.83 bits per heavy atom. The lowest BCUT2D eigenvalue weighted by Crippen LogP contribution is -2.56. The fourth-order valence-corrected chi connectivity index (χ4v) is 3.91. The average molecular weight is 334 g/mol. The van der Waals surface area contributed by atoms with Crippen LogP contribution in [0.3, 0.4) is 0 Å². The molecule has 0 saturated carbocycles. The molecule has 4 rings (SSSR count). The molecule has 1 spiro atoms. The minimum Gasteiger partial charge on any atom is -0.472 e. The quantitative estimate of drug-likeness (QED) is 0.864. The molecule has 0 amide bonds. The number of halogens is 2. The van der Waals surface area contributed by atoms with Crippen molar-refractivity contribution in [2.24, 2.45) is 5.41 Å². The molecule has 5 nitrogen and oxygen atoms in total. The normalized spacial score (nSPS) is 27.0. The third kappa shape index (κ3) is 2.66. The predicted molar refractivity (Wildman–Crippen MR) is 84.8 cm³/mol. The Hall–Kier alpha value is -2.02. The van der Waals surface area contributed by atoms with Gasteiger partial charge >= 0.3 is 0 Å². The Balaban J connectivity index is 1.53. The molecular formula is C17H20F2N4O. The summed E-state index contributed by atoms with van der Waals surface area (Å²) in [6, 6.07) is 1.89. The summed E-state index contributed by atoms with van der Waals surface area (Å²) in [6.45, 7) is 2.36. The molecule has 7 heteroatoms. The highest BCUT2D eigenvalue weighted by Gasteiger charge is 2.59. The largest absolute Gasteiger partial charge is 0.472 e. The molecule has 0 aromatic carbocycles. The first-order valence-electron chi connectivity index (χ1n) is 8.20. The Morgan fingerprint density at radius 2 is 2.08 bits per heavy atom. The molecule has 4 heterocycles. The smallest absolute Gasteiger partial charge is 0.257 e. The molecule has 24 heavy (non-hydrogen) atoms. The fraction of sp³-hybridized carbons (Fsp3) is 0.529. The lowest BCUT2D eigenvalue weighted by molar-refractivity contribution is -0.158. The van der Waals surface area contributed by atoms with Gasteiger partial charge in [0, 0.05) is 57.1 Å². The number of piperidine rings is 1. The van der Waals surface area contributed by atoms with Gasteiger partial charge in [-0.2, -0.15) is 0 Å². The predicted octanol–water partition coefficient (Wildman–Crippen LogP) is 2.81. The van der Waals surface area contributed by atoms with Crippen molar-refractivity contribution in [1.29, 1.82) is 0 Å². The van der Waals surface area contributed by atoms with Crippen molar-refractivity contribution in [2.75, 3.05) is 31.1 Å². The van der Waals surface area contributed by atoms with Gasteiger partial charge in [0.05, 0.1) is 24.1 Å². The van der Waals surface area contributed by atoms with Gasteiger partial charge < -0.3 is 9.32 Å². The number of alkyl halides is 2. The Kier molecular flexibility index (Phi) is 3.75. The van der Waals surface area contributed by atoms with E-state index in [-0.39, 0.29) is 6.42 Å². The molecule has 1 atom stereocenters. The van der Waals surface area contributed by atoms with Crippen LogP contribution in [-0.2, 0) is 6.54 Å². The second kappa shape index (κ2) is 5.81. The summed E-state index contributed by atoms with van der Waals surface area (Å²) in [7, 11) is 0. The van der Waals surface area contributed by atoms with Gasteiger partial charge in [-0.05, 0) is 12.5 Å². The van der Waals surface area contributed by atoms with Crippen LogP contribution in [0.15, 0.2) is 41.6 Å². The van der Waals surface area contributed by atoms with Crippen LogP contribution >= 0.6 is 0 Å². The maximum atomic E-state index is 14.8. The van der Waals surface area contributed by atoms with Gasteiger partial charge in [-0.25, -0.2) is 13.8 Å². The van der Waals surface area contributed by atoms with Crippen LogP contribution in [0.4, 0.5) is 14.6 Å². The average Bonchev–Trinajstić information content (AvgIpc) is 3.23. The van der Waals surface area contributed by atoms with Gasteiger partial charge in [-0.1, -0.05) is 0 Å². The molecule has 2 saturated heterocycles. The molecule has 2 aliphatic rings. The van der Waals surface area contributed by atoms with Crippen molar-refractivity contribution in [2.45, 2.75) is 25.3 Å². The van der Waals surface area contributed by atoms with Crippen molar-refractivity contribution in [3.63, 3.8) is 0 Å². The minimum atomic E-state index is -2.66. The van der Waals surface area contributed by atoms with Crippen LogP contribution in [0.2, 0.25) is 0 Å². The highest BCUT2D eigenvalue weighted by molar-refractivity contribution is 5.38. The van der Waals surface area contributed by atoms with Crippen molar-refractivity contribution in [3.05, 3.63) is 42.7 Å². The molecule has 1 unspecified atom stereocenters. The summed E-state index contributed by atoms with van der Waals surface area (Å²) >= 11 is 0. The highest BCUT2D eigenvalue weighted by Crippen LogP contribution is 2.50. The van der Waals surface area contributed by atoms with Crippen molar-refractivity contribution in [1.82, 2.24) is 14.9 Å². The number of anilines is 1. The molecule has 0 radical (unpaired) electrons. The second-order valence-electron chi connectivity index (χ2n) is 6.81. The fourth-order valence-electron chi connectivity index (χ4n) is 3.91. The van der Waals surface area contributed by atoms with E-state index in [1.807, 2.05) is 11.0 Å². The highest BCUT2D eigenvalue weighted by atomic mass is 19.3. The SMILES string of the molecule is FC1(F)CCN(Cc2ccoc2)CC12CCN(c1cnccn1)C2. The molecule has 2 fully saturated rings. The zero-order valence-corrected chi connectivity index (χ0v) is 13.4. The topological polar surface area (TPSA) is 45.4 Å². The molecule has 2 aromatic heterocycles. The van der Waals surface area contributed by atoms with Gasteiger partial charge in [0.15, 0.2) is 0 Å². The van der Waals surface area contributed by atoms with Crippen molar-refractivity contribution < 1.29 is 13.2 Å². The summed E-state index contributed by atoms with van der Waals surface area (Å²) in [5.74, 6) is -1.98. The van der Waals surface area contributed by atoms with Gasteiger partial charge in [-0.3, -0.25) is 9.88 Å². The molecule has 0 bridgehead atoms. The maximum Gasteiger partial charge on any atom is 0.257 e. The number of hydrogen-bond acceptors (Lipinski definition) is 5. The summed E-state index contributed by atoms with van der Waals surface area (Å²) in [5.41, 5.74) is 0.00566. The van der Waals surface area contributed by atoms with Gasteiger partial charge in [0.25, 0.3) is 5.92 Å². The van der Waals surface area contributed by atoms with E-state index in [4.69, 9.17) is 4.42 Å². The van der Waals surface area contributed by atoms with E-state index in [0.717, 1.165) is 5.56 Å². The molecule has 2 aliphatic heterocycles. The van der Waals surface area contributed by atoms with E-state index < -0.39 is 11.3 Å². The molecule has 0 N–H and O–H groups in total. The number of rotatable bonds is 3. The zero-order valence-electron chi connectivity index (χ0n) is 13.4. The number of hydrogen-bond donors (Lipinski definition) is 0. The first-order chi connectivity index (χ1) is 11.6. The van der Waals surface area contributed by atoms with E-state index in [9.17, 15) is 8.78 Å². The minimum absolute atomic E-state index is 0.0981. The Labute approximate surface area is 139 Å². The van der Waals surface area contributed by atoms with E-state index >= 15 is 0 Å². The summed E-state index contributed by atoms with van der Waals surface area (Å²) in [4.78, 5) is 12.4. The Morgan fingerprint density at radius 1 is 1.17 bits per heavy atom. The van der Waals surface area contributed by atoms with E-state index in [1.165, 1.54) is 0 Å². The number of aromatic nitrogens is 2. The molecule has 2 aromatic rings. The van der Waals surface area contributed by atoms with E-state index in [2.05, 4.69) is 14.9 Å². The van der Waals surface area contributed by atoms with E-state index in [1.54, 1.807) is 31.1 Å². The van der Waals surface area contributed by atoms with E-state index in [0.29, 0.717) is 45.0 Å². The maximum absolute atomic E-state index is 14.8. The lowest BCUT2D eigenvalue weighted by atomic mass is 9.75. The summed E-state index contributed by atoms with van der Waals surface area (Å²) in [6.07, 6.45) is 8.51. The van der Waals surface area contributed by atoms with Crippen LogP contribution in [0.5, 0.6) is 0 Å². The van der Waals surface area contributed by atoms with Crippen LogP contribution < -0.4 is 4.90 Å². The van der Waals surface area contributed by atoms with Crippen LogP contribution in [-0.4, -0.2) is 47.0 Å². The number of likely N-dealkylation sites (tertiary alicyclic amines) is 1. The van der Waals surface area contributed by atoms with Gasteiger partial charge in [0.1, 0.15) is 5.82 Å². The van der Waals surface area contributed by atoms with Crippen LogP contribution in [0, 0.1) is 5.41 Å². The zero-order chi connectivity index (χ0) is 16.6. The van der Waals surface area contributed by atoms with Crippen molar-refractivity contribution in [3.8, 4) is 0 Å². The van der Waals surface area contributed by atoms with Gasteiger partial charge in [0.2, 0.25) is 0 Å². The van der Waals surface area contributed by atoms with Gasteiger partial charge in [-0.15, -0.1) is 0 Å². The summed E-state index contributed by atoms with van der Waals surface area (Å²) < 4.78 is 34.7. The lowest BCUT2D eigenvalue weighted by Gasteiger charge is -2.45. The summed E-state index contributed by atoms with van der Waals surface area (Å²) in [5, 5.41) is 0. The first kappa shape index (κ1) is 15.5. The third-order valence-corrected chi connectivity index (χ3v) is 5.26. The monoisotopic (exact) mass is 334 g/mol. The molecular weight excluding hydrogens is 314 g/mol. The third-order valence-electron chi connectivity index (χ3n) is 5.26. The van der Waals surface area contributed by atoms with Crippen LogP contribution in [0.1, 0.15) is 18.4 Å². The molecule has 128 valence electrons. The first-order valence-corrected chi connectivity index (χ1v) is 8.20. The Bertz CT molecular complexity index is 679.